The van der Waals surface area contributed by atoms with Crippen molar-refractivity contribution in [3.63, 3.8) is 0 Å². The van der Waals surface area contributed by atoms with E-state index in [1.807, 2.05) is 6.92 Å². The Kier molecular flexibility index (Phi) is 6.58. The van der Waals surface area contributed by atoms with Crippen molar-refractivity contribution in [1.82, 2.24) is 19.6 Å². The number of rotatable bonds is 8. The minimum absolute atomic E-state index is 0.0169. The van der Waals surface area contributed by atoms with E-state index in [1.54, 1.807) is 23.8 Å². The fourth-order valence-corrected chi connectivity index (χ4v) is 3.27. The lowest BCUT2D eigenvalue weighted by atomic mass is 10.1. The lowest BCUT2D eigenvalue weighted by molar-refractivity contribution is 0.0728. The third kappa shape index (κ3) is 4.48. The van der Waals surface area contributed by atoms with Gasteiger partial charge in [0, 0.05) is 26.5 Å². The van der Waals surface area contributed by atoms with Crippen molar-refractivity contribution in [3.05, 3.63) is 45.5 Å². The average Bonchev–Trinajstić information content (AvgIpc) is 3.34. The molecule has 2 aromatic heterocycles. The molecule has 152 valence electrons. The number of ether oxygens (including phenoxy) is 2. The average molecular weight is 390 g/mol. The smallest absolute Gasteiger partial charge is 0.263 e. The molecule has 0 N–H and O–H groups in total. The van der Waals surface area contributed by atoms with Crippen molar-refractivity contribution in [2.24, 2.45) is 0 Å². The summed E-state index contributed by atoms with van der Waals surface area (Å²) < 4.78 is 17.3. The molecule has 28 heavy (non-hydrogen) atoms. The monoisotopic (exact) mass is 390 g/mol. The molecule has 0 radical (unpaired) electrons. The summed E-state index contributed by atoms with van der Waals surface area (Å²) in [5, 5.41) is 3.80. The van der Waals surface area contributed by atoms with Gasteiger partial charge in [-0.15, -0.1) is 0 Å². The van der Waals surface area contributed by atoms with Crippen LogP contribution in [0.15, 0.2) is 21.6 Å². The van der Waals surface area contributed by atoms with Crippen LogP contribution in [0.4, 0.5) is 0 Å². The van der Waals surface area contributed by atoms with E-state index in [2.05, 4.69) is 10.1 Å². The van der Waals surface area contributed by atoms with Crippen molar-refractivity contribution >= 4 is 5.91 Å². The Bertz CT molecular complexity index is 869. The summed E-state index contributed by atoms with van der Waals surface area (Å²) in [7, 11) is 1.54. The van der Waals surface area contributed by atoms with Crippen molar-refractivity contribution in [2.75, 3.05) is 20.3 Å². The Labute approximate surface area is 163 Å². The van der Waals surface area contributed by atoms with Crippen LogP contribution in [0.5, 0.6) is 0 Å². The summed E-state index contributed by atoms with van der Waals surface area (Å²) in [4.78, 5) is 31.8. The second-order valence-corrected chi connectivity index (χ2v) is 6.82. The third-order valence-corrected chi connectivity index (χ3v) is 4.79. The number of aryl methyl sites for hydroxylation is 1. The van der Waals surface area contributed by atoms with Gasteiger partial charge in [0.15, 0.2) is 5.82 Å². The van der Waals surface area contributed by atoms with Gasteiger partial charge in [-0.3, -0.25) is 9.59 Å². The minimum Gasteiger partial charge on any atom is -0.377 e. The van der Waals surface area contributed by atoms with Crippen molar-refractivity contribution < 1.29 is 18.8 Å². The zero-order valence-corrected chi connectivity index (χ0v) is 16.5. The first-order valence-electron chi connectivity index (χ1n) is 9.44. The van der Waals surface area contributed by atoms with E-state index < -0.39 is 0 Å². The molecule has 1 atom stereocenters. The molecule has 0 spiro atoms. The zero-order chi connectivity index (χ0) is 20.1. The summed E-state index contributed by atoms with van der Waals surface area (Å²) >= 11 is 0. The molecule has 1 aliphatic rings. The van der Waals surface area contributed by atoms with Gasteiger partial charge < -0.3 is 23.5 Å². The third-order valence-electron chi connectivity index (χ3n) is 4.79. The molecular weight excluding hydrogens is 364 g/mol. The van der Waals surface area contributed by atoms with Gasteiger partial charge in [0.25, 0.3) is 11.5 Å². The van der Waals surface area contributed by atoms with Crippen molar-refractivity contribution in [2.45, 2.75) is 52.5 Å². The molecule has 0 saturated carbocycles. The minimum atomic E-state index is -0.349. The molecule has 0 bridgehead atoms. The highest BCUT2D eigenvalue weighted by Crippen LogP contribution is 2.15. The van der Waals surface area contributed by atoms with Crippen LogP contribution in [0.2, 0.25) is 0 Å². The Morgan fingerprint density at radius 2 is 2.29 bits per heavy atom. The van der Waals surface area contributed by atoms with Gasteiger partial charge in [0.2, 0.25) is 5.89 Å². The van der Waals surface area contributed by atoms with Gasteiger partial charge in [-0.25, -0.2) is 0 Å². The Morgan fingerprint density at radius 1 is 1.46 bits per heavy atom. The first-order valence-corrected chi connectivity index (χ1v) is 9.44. The quantitative estimate of drug-likeness (QED) is 0.674. The Hall–Kier alpha value is -2.52. The number of amides is 1. The second kappa shape index (κ2) is 9.11. The number of methoxy groups -OCH3 is 1. The van der Waals surface area contributed by atoms with Gasteiger partial charge >= 0.3 is 0 Å². The highest BCUT2D eigenvalue weighted by molar-refractivity contribution is 5.95. The van der Waals surface area contributed by atoms with Gasteiger partial charge in [-0.1, -0.05) is 5.16 Å². The van der Waals surface area contributed by atoms with E-state index >= 15 is 0 Å². The molecule has 3 rings (SSSR count). The van der Waals surface area contributed by atoms with Crippen LogP contribution < -0.4 is 5.56 Å². The largest absolute Gasteiger partial charge is 0.377 e. The molecule has 9 heteroatoms. The Balaban J connectivity index is 1.81. The lowest BCUT2D eigenvalue weighted by Crippen LogP contribution is -2.38. The molecule has 2 aromatic rings. The maximum Gasteiger partial charge on any atom is 0.263 e. The van der Waals surface area contributed by atoms with E-state index in [1.165, 1.54) is 12.0 Å². The molecule has 1 unspecified atom stereocenters. The van der Waals surface area contributed by atoms with Crippen LogP contribution in [-0.2, 0) is 29.2 Å². The molecule has 1 saturated heterocycles. The van der Waals surface area contributed by atoms with E-state index in [-0.39, 0.29) is 36.3 Å². The fourth-order valence-electron chi connectivity index (χ4n) is 3.27. The summed E-state index contributed by atoms with van der Waals surface area (Å²) in [5.41, 5.74) is 0.506. The Morgan fingerprint density at radius 3 is 2.96 bits per heavy atom. The highest BCUT2D eigenvalue weighted by atomic mass is 16.5. The first-order chi connectivity index (χ1) is 13.5. The fraction of sp³-hybridized carbons (Fsp3) is 0.579. The van der Waals surface area contributed by atoms with Crippen molar-refractivity contribution in [1.29, 1.82) is 0 Å². The topological polar surface area (TPSA) is 99.7 Å². The first kappa shape index (κ1) is 20.2. The molecular formula is C19H26N4O5. The van der Waals surface area contributed by atoms with Crippen LogP contribution >= 0.6 is 0 Å². The van der Waals surface area contributed by atoms with Crippen LogP contribution in [-0.4, -0.2) is 51.9 Å². The number of pyridine rings is 1. The number of carbonyl (C=O) groups is 1. The van der Waals surface area contributed by atoms with E-state index in [4.69, 9.17) is 14.0 Å². The summed E-state index contributed by atoms with van der Waals surface area (Å²) in [6.45, 7) is 5.54. The summed E-state index contributed by atoms with van der Waals surface area (Å²) in [6.07, 6.45) is 3.66. The highest BCUT2D eigenvalue weighted by Gasteiger charge is 2.24. The predicted octanol–water partition coefficient (Wildman–Crippen LogP) is 1.53. The molecule has 3 heterocycles. The van der Waals surface area contributed by atoms with Crippen LogP contribution in [0.1, 0.15) is 47.4 Å². The summed E-state index contributed by atoms with van der Waals surface area (Å²) in [6, 6.07) is 1.79. The van der Waals surface area contributed by atoms with E-state index in [0.29, 0.717) is 30.4 Å². The van der Waals surface area contributed by atoms with Crippen molar-refractivity contribution in [3.8, 4) is 0 Å². The molecule has 1 fully saturated rings. The molecule has 0 aliphatic carbocycles. The zero-order valence-electron chi connectivity index (χ0n) is 16.5. The lowest BCUT2D eigenvalue weighted by Gasteiger charge is -2.20. The standard InChI is InChI=1S/C19H26N4O5/c1-4-22(11-16-20-15(12-26-3)21-28-16)18(24)17-13(2)7-8-23(19(17)25)10-14-6-5-9-27-14/h7-8,14H,4-6,9-12H2,1-3H3. The number of hydrogen-bond acceptors (Lipinski definition) is 7. The maximum atomic E-state index is 13.1. The van der Waals surface area contributed by atoms with Gasteiger partial charge in [0.1, 0.15) is 18.7 Å². The molecule has 0 aromatic carbocycles. The van der Waals surface area contributed by atoms with Crippen LogP contribution in [0.3, 0.4) is 0 Å². The van der Waals surface area contributed by atoms with Gasteiger partial charge in [-0.2, -0.15) is 4.98 Å². The van der Waals surface area contributed by atoms with Gasteiger partial charge in [0.05, 0.1) is 12.6 Å². The number of hydrogen-bond donors (Lipinski definition) is 0. The van der Waals surface area contributed by atoms with Gasteiger partial charge in [-0.05, 0) is 38.3 Å². The van der Waals surface area contributed by atoms with Crippen LogP contribution in [0.25, 0.3) is 0 Å². The molecule has 9 nitrogen and oxygen atoms in total. The van der Waals surface area contributed by atoms with E-state index in [9.17, 15) is 9.59 Å². The second-order valence-electron chi connectivity index (χ2n) is 6.82. The SMILES string of the molecule is CCN(Cc1nc(COC)no1)C(=O)c1c(C)ccn(CC2CCCO2)c1=O. The molecule has 1 amide bonds. The molecule has 1 aliphatic heterocycles. The summed E-state index contributed by atoms with van der Waals surface area (Å²) in [5.74, 6) is 0.365. The van der Waals surface area contributed by atoms with Crippen LogP contribution in [0, 0.1) is 6.92 Å². The van der Waals surface area contributed by atoms with E-state index in [0.717, 1.165) is 19.4 Å². The number of carbonyl (C=O) groups excluding carboxylic acids is 1. The number of aromatic nitrogens is 3. The predicted molar refractivity (Wildman–Crippen MR) is 99.8 cm³/mol. The maximum absolute atomic E-state index is 13.1. The normalized spacial score (nSPS) is 16.5. The number of nitrogens with zero attached hydrogens (tertiary/aromatic N) is 4.